The lowest BCUT2D eigenvalue weighted by Gasteiger charge is -2.08. The van der Waals surface area contributed by atoms with Gasteiger partial charge in [0.15, 0.2) is 0 Å². The molecule has 0 saturated heterocycles. The predicted molar refractivity (Wildman–Crippen MR) is 82.4 cm³/mol. The van der Waals surface area contributed by atoms with Crippen LogP contribution in [0.2, 0.25) is 0 Å². The largest absolute Gasteiger partial charge is 0.398 e. The highest BCUT2D eigenvalue weighted by atomic mass is 32.2. The first-order valence-electron chi connectivity index (χ1n) is 6.75. The van der Waals surface area contributed by atoms with Crippen molar-refractivity contribution in [3.63, 3.8) is 0 Å². The third-order valence-electron chi connectivity index (χ3n) is 3.41. The Morgan fingerprint density at radius 2 is 2.10 bits per heavy atom. The second-order valence-electron chi connectivity index (χ2n) is 5.04. The van der Waals surface area contributed by atoms with Gasteiger partial charge in [-0.05, 0) is 49.9 Å². The summed E-state index contributed by atoms with van der Waals surface area (Å²) in [4.78, 5) is 0.199. The van der Waals surface area contributed by atoms with Crippen molar-refractivity contribution in [1.82, 2.24) is 14.9 Å². The van der Waals surface area contributed by atoms with Crippen molar-refractivity contribution in [2.75, 3.05) is 12.3 Å². The molecule has 0 aliphatic carbocycles. The molecule has 0 saturated carbocycles. The van der Waals surface area contributed by atoms with Crippen molar-refractivity contribution >= 4 is 15.7 Å². The maximum atomic E-state index is 12.1. The van der Waals surface area contributed by atoms with Gasteiger partial charge in [-0.3, -0.25) is 5.10 Å². The number of sulfonamides is 1. The molecule has 0 aliphatic heterocycles. The van der Waals surface area contributed by atoms with Gasteiger partial charge >= 0.3 is 0 Å². The Bertz CT molecular complexity index is 722. The normalized spacial score (nSPS) is 11.7. The molecule has 114 valence electrons. The number of H-pyrrole nitrogens is 1. The number of nitrogens with one attached hydrogen (secondary N) is 2. The Kier molecular flexibility index (Phi) is 4.64. The molecule has 21 heavy (non-hydrogen) atoms. The summed E-state index contributed by atoms with van der Waals surface area (Å²) in [6.45, 7) is 4.16. The monoisotopic (exact) mass is 308 g/mol. The summed E-state index contributed by atoms with van der Waals surface area (Å²) in [5, 5.41) is 6.80. The van der Waals surface area contributed by atoms with Gasteiger partial charge in [0.05, 0.1) is 11.1 Å². The van der Waals surface area contributed by atoms with Crippen LogP contribution in [0.5, 0.6) is 0 Å². The topological polar surface area (TPSA) is 101 Å². The summed E-state index contributed by atoms with van der Waals surface area (Å²) in [5.41, 5.74) is 9.22. The molecule has 0 unspecified atom stereocenters. The minimum Gasteiger partial charge on any atom is -0.398 e. The molecular formula is C14H20N4O2S. The zero-order valence-electron chi connectivity index (χ0n) is 12.2. The molecule has 0 bridgehead atoms. The molecule has 6 nitrogen and oxygen atoms in total. The first-order chi connectivity index (χ1) is 9.90. The Balaban J connectivity index is 1.92. The molecule has 2 aromatic rings. The zero-order chi connectivity index (χ0) is 15.5. The molecule has 0 radical (unpaired) electrons. The van der Waals surface area contributed by atoms with Crippen molar-refractivity contribution < 1.29 is 8.42 Å². The fraction of sp³-hybridized carbons (Fsp3) is 0.357. The van der Waals surface area contributed by atoms with Crippen LogP contribution in [0.3, 0.4) is 0 Å². The first-order valence-corrected chi connectivity index (χ1v) is 8.23. The smallest absolute Gasteiger partial charge is 0.240 e. The third-order valence-corrected chi connectivity index (χ3v) is 4.87. The highest BCUT2D eigenvalue weighted by Gasteiger charge is 2.14. The van der Waals surface area contributed by atoms with E-state index in [4.69, 9.17) is 5.73 Å². The Labute approximate surface area is 124 Å². The molecule has 0 amide bonds. The minimum absolute atomic E-state index is 0.199. The highest BCUT2D eigenvalue weighted by Crippen LogP contribution is 2.17. The van der Waals surface area contributed by atoms with E-state index < -0.39 is 10.0 Å². The molecular weight excluding hydrogens is 288 g/mol. The van der Waals surface area contributed by atoms with Crippen molar-refractivity contribution in [3.05, 3.63) is 41.2 Å². The number of aryl methyl sites for hydroxylation is 3. The number of hydrogen-bond acceptors (Lipinski definition) is 4. The summed E-state index contributed by atoms with van der Waals surface area (Å²) >= 11 is 0. The van der Waals surface area contributed by atoms with Crippen LogP contribution in [0.1, 0.15) is 23.2 Å². The van der Waals surface area contributed by atoms with E-state index in [0.717, 1.165) is 23.2 Å². The van der Waals surface area contributed by atoms with Crippen molar-refractivity contribution in [2.24, 2.45) is 0 Å². The van der Waals surface area contributed by atoms with Gasteiger partial charge in [-0.25, -0.2) is 13.1 Å². The molecule has 1 aromatic heterocycles. The van der Waals surface area contributed by atoms with E-state index in [0.29, 0.717) is 18.7 Å². The predicted octanol–water partition coefficient (Wildman–Crippen LogP) is 1.52. The standard InChI is InChI=1S/C14H20N4O2S/c1-10-5-6-13(8-14(10)15)21(19,20)17-7-3-4-12-9-16-18-11(12)2/h5-6,8-9,17H,3-4,7,15H2,1-2H3,(H,16,18). The van der Waals surface area contributed by atoms with Gasteiger partial charge < -0.3 is 5.73 Å². The molecule has 2 rings (SSSR count). The maximum absolute atomic E-state index is 12.1. The van der Waals surface area contributed by atoms with E-state index in [1.54, 1.807) is 18.3 Å². The SMILES string of the molecule is Cc1ccc(S(=O)(=O)NCCCc2cn[nH]c2C)cc1N. The quantitative estimate of drug-likeness (QED) is 0.556. The van der Waals surface area contributed by atoms with Crippen LogP contribution in [0, 0.1) is 13.8 Å². The number of nitrogens with two attached hydrogens (primary N) is 1. The number of benzene rings is 1. The van der Waals surface area contributed by atoms with E-state index in [9.17, 15) is 8.42 Å². The lowest BCUT2D eigenvalue weighted by atomic mass is 10.1. The van der Waals surface area contributed by atoms with Crippen LogP contribution in [0.15, 0.2) is 29.3 Å². The van der Waals surface area contributed by atoms with E-state index in [1.165, 1.54) is 6.07 Å². The average molecular weight is 308 g/mol. The summed E-state index contributed by atoms with van der Waals surface area (Å²) in [6.07, 6.45) is 3.26. The second-order valence-corrected chi connectivity index (χ2v) is 6.81. The van der Waals surface area contributed by atoms with Gasteiger partial charge in [-0.1, -0.05) is 6.07 Å². The fourth-order valence-corrected chi connectivity index (χ4v) is 3.09. The van der Waals surface area contributed by atoms with Crippen LogP contribution < -0.4 is 10.5 Å². The van der Waals surface area contributed by atoms with Crippen LogP contribution >= 0.6 is 0 Å². The fourth-order valence-electron chi connectivity index (χ4n) is 1.98. The van der Waals surface area contributed by atoms with Gasteiger partial charge in [-0.15, -0.1) is 0 Å². The Hall–Kier alpha value is -1.86. The Morgan fingerprint density at radius 1 is 1.33 bits per heavy atom. The molecule has 0 fully saturated rings. The number of rotatable bonds is 6. The molecule has 1 heterocycles. The highest BCUT2D eigenvalue weighted by molar-refractivity contribution is 7.89. The number of nitrogens with zero attached hydrogens (tertiary/aromatic N) is 1. The van der Waals surface area contributed by atoms with Crippen molar-refractivity contribution in [1.29, 1.82) is 0 Å². The number of anilines is 1. The van der Waals surface area contributed by atoms with Crippen LogP contribution in [-0.4, -0.2) is 25.2 Å². The van der Waals surface area contributed by atoms with Crippen LogP contribution in [0.4, 0.5) is 5.69 Å². The van der Waals surface area contributed by atoms with E-state index in [-0.39, 0.29) is 4.90 Å². The van der Waals surface area contributed by atoms with Gasteiger partial charge in [0.25, 0.3) is 0 Å². The van der Waals surface area contributed by atoms with Gasteiger partial charge in [0.2, 0.25) is 10.0 Å². The zero-order valence-corrected chi connectivity index (χ0v) is 13.0. The van der Waals surface area contributed by atoms with Crippen molar-refractivity contribution in [3.8, 4) is 0 Å². The lowest BCUT2D eigenvalue weighted by Crippen LogP contribution is -2.25. The van der Waals surface area contributed by atoms with E-state index in [2.05, 4.69) is 14.9 Å². The van der Waals surface area contributed by atoms with Gasteiger partial charge in [-0.2, -0.15) is 5.10 Å². The molecule has 4 N–H and O–H groups in total. The van der Waals surface area contributed by atoms with Gasteiger partial charge in [0.1, 0.15) is 0 Å². The Morgan fingerprint density at radius 3 is 2.71 bits per heavy atom. The number of nitrogen functional groups attached to an aromatic ring is 1. The van der Waals surface area contributed by atoms with Crippen LogP contribution in [-0.2, 0) is 16.4 Å². The first kappa shape index (κ1) is 15.5. The average Bonchev–Trinajstić information content (AvgIpc) is 2.83. The minimum atomic E-state index is -3.50. The van der Waals surface area contributed by atoms with Crippen molar-refractivity contribution in [2.45, 2.75) is 31.6 Å². The number of hydrogen-bond donors (Lipinski definition) is 3. The molecule has 7 heteroatoms. The van der Waals surface area contributed by atoms with E-state index in [1.807, 2.05) is 13.8 Å². The van der Waals surface area contributed by atoms with Gasteiger partial charge in [0, 0.05) is 17.9 Å². The molecule has 0 atom stereocenters. The van der Waals surface area contributed by atoms with Crippen LogP contribution in [0.25, 0.3) is 0 Å². The second kappa shape index (κ2) is 6.28. The number of aromatic nitrogens is 2. The maximum Gasteiger partial charge on any atom is 0.240 e. The third kappa shape index (κ3) is 3.83. The lowest BCUT2D eigenvalue weighted by molar-refractivity contribution is 0.579. The summed E-state index contributed by atoms with van der Waals surface area (Å²) in [7, 11) is -3.50. The molecule has 1 aromatic carbocycles. The van der Waals surface area contributed by atoms with E-state index >= 15 is 0 Å². The number of aromatic amines is 1. The summed E-state index contributed by atoms with van der Waals surface area (Å²) in [6, 6.07) is 4.75. The summed E-state index contributed by atoms with van der Waals surface area (Å²) < 4.78 is 26.9. The molecule has 0 spiro atoms. The summed E-state index contributed by atoms with van der Waals surface area (Å²) in [5.74, 6) is 0. The molecule has 0 aliphatic rings.